The van der Waals surface area contributed by atoms with E-state index in [-0.39, 0.29) is 28.3 Å². The van der Waals surface area contributed by atoms with E-state index in [9.17, 15) is 8.42 Å². The highest BCUT2D eigenvalue weighted by molar-refractivity contribution is 7.89. The van der Waals surface area contributed by atoms with Gasteiger partial charge in [0.1, 0.15) is 5.69 Å². The molecule has 2 aromatic heterocycles. The van der Waals surface area contributed by atoms with Gasteiger partial charge in [0.25, 0.3) is 5.89 Å². The second-order valence-corrected chi connectivity index (χ2v) is 9.07. The molecule has 1 aromatic carbocycles. The number of hydrogen-bond acceptors (Lipinski definition) is 7. The van der Waals surface area contributed by atoms with Gasteiger partial charge in [-0.15, -0.1) is 10.2 Å². The van der Waals surface area contributed by atoms with Gasteiger partial charge in [-0.25, -0.2) is 13.4 Å². The number of benzene rings is 1. The van der Waals surface area contributed by atoms with Crippen LogP contribution in [-0.4, -0.2) is 46.0 Å². The van der Waals surface area contributed by atoms with Crippen LogP contribution in [0.15, 0.2) is 46.1 Å². The van der Waals surface area contributed by atoms with Gasteiger partial charge in [-0.1, -0.05) is 23.2 Å². The topological polar surface area (TPSA) is 102 Å². The van der Waals surface area contributed by atoms with Gasteiger partial charge in [-0.3, -0.25) is 4.98 Å². The fourth-order valence-corrected chi connectivity index (χ4v) is 4.97. The summed E-state index contributed by atoms with van der Waals surface area (Å²) in [5, 5.41) is 8.60. The number of nitrogens with zero attached hydrogens (tertiary/aromatic N) is 5. The molecule has 1 fully saturated rings. The molecule has 1 aliphatic heterocycles. The minimum atomic E-state index is -3.71. The summed E-state index contributed by atoms with van der Waals surface area (Å²) in [5.41, 5.74) is 0.470. The number of piperidine rings is 1. The predicted molar refractivity (Wildman–Crippen MR) is 103 cm³/mol. The largest absolute Gasteiger partial charge is 0.419 e. The quantitative estimate of drug-likeness (QED) is 0.613. The van der Waals surface area contributed by atoms with E-state index in [0.29, 0.717) is 29.6 Å². The molecular formula is C17H15Cl2N5O3S. The molecule has 1 unspecified atom stereocenters. The van der Waals surface area contributed by atoms with E-state index in [2.05, 4.69) is 20.2 Å². The Hall–Kier alpha value is -2.07. The molecule has 0 saturated carbocycles. The molecule has 1 aliphatic rings. The van der Waals surface area contributed by atoms with Crippen molar-refractivity contribution in [2.75, 3.05) is 13.1 Å². The van der Waals surface area contributed by atoms with Crippen LogP contribution < -0.4 is 0 Å². The van der Waals surface area contributed by atoms with E-state index in [1.165, 1.54) is 34.9 Å². The van der Waals surface area contributed by atoms with E-state index in [1.54, 1.807) is 6.20 Å². The third-order valence-electron chi connectivity index (χ3n) is 4.49. The van der Waals surface area contributed by atoms with Gasteiger partial charge in [0, 0.05) is 25.5 Å². The molecular weight excluding hydrogens is 425 g/mol. The van der Waals surface area contributed by atoms with Crippen molar-refractivity contribution >= 4 is 33.2 Å². The van der Waals surface area contributed by atoms with Gasteiger partial charge >= 0.3 is 0 Å². The first-order valence-electron chi connectivity index (χ1n) is 8.50. The molecule has 4 rings (SSSR count). The van der Waals surface area contributed by atoms with Crippen molar-refractivity contribution in [3.05, 3.63) is 52.7 Å². The molecule has 0 radical (unpaired) electrons. The molecule has 0 N–H and O–H groups in total. The minimum Gasteiger partial charge on any atom is -0.419 e. The van der Waals surface area contributed by atoms with Crippen molar-refractivity contribution in [1.82, 2.24) is 24.5 Å². The summed E-state index contributed by atoms with van der Waals surface area (Å²) in [7, 11) is -3.71. The fourth-order valence-electron chi connectivity index (χ4n) is 3.06. The lowest BCUT2D eigenvalue weighted by Gasteiger charge is -2.30. The van der Waals surface area contributed by atoms with E-state index in [4.69, 9.17) is 27.6 Å². The number of halogens is 2. The van der Waals surface area contributed by atoms with Crippen LogP contribution in [0.5, 0.6) is 0 Å². The molecule has 11 heteroatoms. The van der Waals surface area contributed by atoms with Gasteiger partial charge < -0.3 is 4.42 Å². The zero-order valence-corrected chi connectivity index (χ0v) is 16.8. The standard InChI is InChI=1S/C17H15Cl2N5O3S/c18-13-4-3-12(8-14(13)19)28(25,26)24-7-1-2-11(10-24)16-22-23-17(27-16)15-9-20-5-6-21-15/h3-6,8-9,11H,1-2,7,10H2. The van der Waals surface area contributed by atoms with Crippen LogP contribution in [0, 0.1) is 0 Å². The molecule has 0 amide bonds. The Morgan fingerprint density at radius 3 is 2.75 bits per heavy atom. The highest BCUT2D eigenvalue weighted by Gasteiger charge is 2.33. The van der Waals surface area contributed by atoms with Crippen LogP contribution in [0.3, 0.4) is 0 Å². The molecule has 8 nitrogen and oxygen atoms in total. The van der Waals surface area contributed by atoms with E-state index in [1.807, 2.05) is 0 Å². The lowest BCUT2D eigenvalue weighted by molar-refractivity contribution is 0.286. The SMILES string of the molecule is O=S(=O)(c1ccc(Cl)c(Cl)c1)N1CCCC(c2nnc(-c3cnccn3)o2)C1. The molecule has 28 heavy (non-hydrogen) atoms. The summed E-state index contributed by atoms with van der Waals surface area (Å²) >= 11 is 11.9. The molecule has 0 aliphatic carbocycles. The van der Waals surface area contributed by atoms with Crippen LogP contribution >= 0.6 is 23.2 Å². The van der Waals surface area contributed by atoms with Crippen molar-refractivity contribution < 1.29 is 12.8 Å². The van der Waals surface area contributed by atoms with Crippen molar-refractivity contribution in [3.8, 4) is 11.6 Å². The average molecular weight is 440 g/mol. The van der Waals surface area contributed by atoms with Crippen LogP contribution in [-0.2, 0) is 10.0 Å². The Morgan fingerprint density at radius 2 is 2.00 bits per heavy atom. The first-order chi connectivity index (χ1) is 13.4. The lowest BCUT2D eigenvalue weighted by Crippen LogP contribution is -2.39. The van der Waals surface area contributed by atoms with Crippen molar-refractivity contribution in [2.45, 2.75) is 23.7 Å². The number of hydrogen-bond donors (Lipinski definition) is 0. The molecule has 1 saturated heterocycles. The number of rotatable bonds is 4. The molecule has 3 heterocycles. The smallest absolute Gasteiger partial charge is 0.267 e. The zero-order valence-electron chi connectivity index (χ0n) is 14.5. The normalized spacial score (nSPS) is 18.3. The van der Waals surface area contributed by atoms with Gasteiger partial charge in [0.15, 0.2) is 0 Å². The summed E-state index contributed by atoms with van der Waals surface area (Å²) < 4.78 is 33.1. The van der Waals surface area contributed by atoms with Crippen molar-refractivity contribution in [2.24, 2.45) is 0 Å². The Balaban J connectivity index is 1.56. The van der Waals surface area contributed by atoms with Gasteiger partial charge in [0.05, 0.1) is 27.1 Å². The molecule has 1 atom stereocenters. The van der Waals surface area contributed by atoms with Crippen LogP contribution in [0.4, 0.5) is 0 Å². The Morgan fingerprint density at radius 1 is 1.14 bits per heavy atom. The molecule has 0 bridgehead atoms. The minimum absolute atomic E-state index is 0.105. The number of sulfonamides is 1. The summed E-state index contributed by atoms with van der Waals surface area (Å²) in [6, 6.07) is 4.29. The fraction of sp³-hybridized carbons (Fsp3) is 0.294. The first kappa shape index (κ1) is 19.3. The third kappa shape index (κ3) is 3.75. The van der Waals surface area contributed by atoms with Crippen LogP contribution in [0.25, 0.3) is 11.6 Å². The number of aromatic nitrogens is 4. The van der Waals surface area contributed by atoms with Gasteiger partial charge in [-0.05, 0) is 31.0 Å². The van der Waals surface area contributed by atoms with Crippen molar-refractivity contribution in [3.63, 3.8) is 0 Å². The van der Waals surface area contributed by atoms with Gasteiger partial charge in [-0.2, -0.15) is 4.31 Å². The monoisotopic (exact) mass is 439 g/mol. The maximum absolute atomic E-state index is 13.0. The Bertz CT molecular complexity index is 1090. The lowest BCUT2D eigenvalue weighted by atomic mass is 10.00. The average Bonchev–Trinajstić information content (AvgIpc) is 3.21. The Kier molecular flexibility index (Phi) is 5.33. The maximum atomic E-state index is 13.0. The summed E-state index contributed by atoms with van der Waals surface area (Å²) in [4.78, 5) is 8.21. The molecule has 146 valence electrons. The van der Waals surface area contributed by atoms with E-state index in [0.717, 1.165) is 6.42 Å². The summed E-state index contributed by atoms with van der Waals surface area (Å²) in [6.07, 6.45) is 6.03. The second kappa shape index (κ2) is 7.75. The van der Waals surface area contributed by atoms with Crippen molar-refractivity contribution in [1.29, 1.82) is 0 Å². The summed E-state index contributed by atoms with van der Waals surface area (Å²) in [6.45, 7) is 0.648. The maximum Gasteiger partial charge on any atom is 0.267 e. The zero-order chi connectivity index (χ0) is 19.7. The van der Waals surface area contributed by atoms with E-state index >= 15 is 0 Å². The van der Waals surface area contributed by atoms with Gasteiger partial charge in [0.2, 0.25) is 15.9 Å². The van der Waals surface area contributed by atoms with Crippen LogP contribution in [0.1, 0.15) is 24.7 Å². The molecule has 0 spiro atoms. The first-order valence-corrected chi connectivity index (χ1v) is 10.7. The third-order valence-corrected chi connectivity index (χ3v) is 7.09. The second-order valence-electron chi connectivity index (χ2n) is 6.31. The predicted octanol–water partition coefficient (Wildman–Crippen LogP) is 3.40. The van der Waals surface area contributed by atoms with Crippen LogP contribution in [0.2, 0.25) is 10.0 Å². The van der Waals surface area contributed by atoms with E-state index < -0.39 is 10.0 Å². The Labute approximate surface area is 171 Å². The molecule has 3 aromatic rings. The summed E-state index contributed by atoms with van der Waals surface area (Å²) in [5.74, 6) is 0.437. The highest BCUT2D eigenvalue weighted by Crippen LogP contribution is 2.32. The highest BCUT2D eigenvalue weighted by atomic mass is 35.5.